The van der Waals surface area contributed by atoms with E-state index in [-0.39, 0.29) is 0 Å². The molecule has 0 saturated heterocycles. The molecule has 8 heteroatoms. The Labute approximate surface area is 164 Å². The van der Waals surface area contributed by atoms with Crippen LogP contribution in [0.4, 0.5) is 4.79 Å². The molecule has 0 bridgehead atoms. The second kappa shape index (κ2) is 8.69. The Morgan fingerprint density at radius 1 is 1.11 bits per heavy atom. The van der Waals surface area contributed by atoms with Crippen molar-refractivity contribution in [3.05, 3.63) is 52.8 Å². The van der Waals surface area contributed by atoms with E-state index < -0.39 is 30.1 Å². The van der Waals surface area contributed by atoms with Crippen molar-refractivity contribution in [3.8, 4) is 0 Å². The van der Waals surface area contributed by atoms with Crippen molar-refractivity contribution < 1.29 is 19.1 Å². The Morgan fingerprint density at radius 3 is 2.36 bits per heavy atom. The fourth-order valence-corrected chi connectivity index (χ4v) is 2.64. The third-order valence-corrected chi connectivity index (χ3v) is 3.84. The standard InChI is InChI=1S/C20H26N4O4/c1-13-17(14(2)24(23-13)11-15-9-7-6-8-10-15)18(26)28-12-16(25)21-19(27)22-20(3,4)5/h6-10H,11-12H2,1-5H3,(H2,21,22,25,27). The lowest BCUT2D eigenvalue weighted by atomic mass is 10.1. The van der Waals surface area contributed by atoms with Crippen LogP contribution in [-0.4, -0.2) is 39.8 Å². The Balaban J connectivity index is 1.97. The van der Waals surface area contributed by atoms with Gasteiger partial charge in [0.25, 0.3) is 5.91 Å². The molecule has 2 N–H and O–H groups in total. The number of carbonyl (C=O) groups is 3. The number of esters is 1. The molecule has 0 aliphatic carbocycles. The number of ether oxygens (including phenoxy) is 1. The summed E-state index contributed by atoms with van der Waals surface area (Å²) < 4.78 is 6.78. The zero-order chi connectivity index (χ0) is 20.9. The zero-order valence-corrected chi connectivity index (χ0v) is 16.8. The Hall–Kier alpha value is -3.16. The zero-order valence-electron chi connectivity index (χ0n) is 16.8. The minimum atomic E-state index is -0.706. The van der Waals surface area contributed by atoms with Crippen molar-refractivity contribution in [1.29, 1.82) is 0 Å². The van der Waals surface area contributed by atoms with E-state index in [0.717, 1.165) is 5.56 Å². The first kappa shape index (κ1) is 21.1. The molecule has 1 aromatic carbocycles. The predicted octanol–water partition coefficient (Wildman–Crippen LogP) is 2.33. The van der Waals surface area contributed by atoms with Gasteiger partial charge in [-0.3, -0.25) is 14.8 Å². The summed E-state index contributed by atoms with van der Waals surface area (Å²) in [6.45, 7) is 8.81. The maximum Gasteiger partial charge on any atom is 0.342 e. The average molecular weight is 386 g/mol. The molecule has 2 aromatic rings. The van der Waals surface area contributed by atoms with Gasteiger partial charge in [-0.15, -0.1) is 0 Å². The van der Waals surface area contributed by atoms with Crippen LogP contribution in [0.3, 0.4) is 0 Å². The van der Waals surface area contributed by atoms with Gasteiger partial charge in [0.05, 0.1) is 17.9 Å². The molecule has 0 saturated carbocycles. The summed E-state index contributed by atoms with van der Waals surface area (Å²) in [4.78, 5) is 35.9. The van der Waals surface area contributed by atoms with Crippen molar-refractivity contribution in [2.75, 3.05) is 6.61 Å². The monoisotopic (exact) mass is 386 g/mol. The van der Waals surface area contributed by atoms with E-state index in [1.807, 2.05) is 30.3 Å². The van der Waals surface area contributed by atoms with Gasteiger partial charge in [-0.25, -0.2) is 9.59 Å². The van der Waals surface area contributed by atoms with Gasteiger partial charge in [0.15, 0.2) is 6.61 Å². The lowest BCUT2D eigenvalue weighted by molar-refractivity contribution is -0.123. The molecule has 3 amide bonds. The van der Waals surface area contributed by atoms with Crippen LogP contribution in [0.1, 0.15) is 48.1 Å². The van der Waals surface area contributed by atoms with E-state index in [4.69, 9.17) is 4.74 Å². The smallest absolute Gasteiger partial charge is 0.342 e. The highest BCUT2D eigenvalue weighted by Crippen LogP contribution is 2.16. The van der Waals surface area contributed by atoms with E-state index >= 15 is 0 Å². The highest BCUT2D eigenvalue weighted by molar-refractivity contribution is 5.97. The third kappa shape index (κ3) is 5.94. The van der Waals surface area contributed by atoms with Crippen LogP contribution in [0.2, 0.25) is 0 Å². The number of benzene rings is 1. The van der Waals surface area contributed by atoms with E-state index in [0.29, 0.717) is 23.5 Å². The van der Waals surface area contributed by atoms with E-state index in [2.05, 4.69) is 15.7 Å². The second-order valence-electron chi connectivity index (χ2n) is 7.52. The molecule has 0 fully saturated rings. The largest absolute Gasteiger partial charge is 0.452 e. The van der Waals surface area contributed by atoms with Crippen molar-refractivity contribution in [1.82, 2.24) is 20.4 Å². The van der Waals surface area contributed by atoms with Gasteiger partial charge in [0.1, 0.15) is 5.56 Å². The molecule has 0 radical (unpaired) electrons. The molecule has 8 nitrogen and oxygen atoms in total. The molecular formula is C20H26N4O4. The van der Waals surface area contributed by atoms with Crippen LogP contribution in [0, 0.1) is 13.8 Å². The van der Waals surface area contributed by atoms with Gasteiger partial charge in [-0.05, 0) is 40.2 Å². The first-order valence-electron chi connectivity index (χ1n) is 8.94. The van der Waals surface area contributed by atoms with Gasteiger partial charge < -0.3 is 10.1 Å². The molecule has 0 unspecified atom stereocenters. The van der Waals surface area contributed by atoms with Crippen LogP contribution in [0.15, 0.2) is 30.3 Å². The molecule has 0 aliphatic heterocycles. The van der Waals surface area contributed by atoms with Crippen molar-refractivity contribution >= 4 is 17.9 Å². The molecule has 1 aromatic heterocycles. The maximum absolute atomic E-state index is 12.4. The summed E-state index contributed by atoms with van der Waals surface area (Å²) in [6, 6.07) is 9.11. The lowest BCUT2D eigenvalue weighted by Gasteiger charge is -2.20. The van der Waals surface area contributed by atoms with Crippen LogP contribution in [0.5, 0.6) is 0 Å². The highest BCUT2D eigenvalue weighted by Gasteiger charge is 2.22. The van der Waals surface area contributed by atoms with Gasteiger partial charge in [0.2, 0.25) is 0 Å². The number of carbonyl (C=O) groups excluding carboxylic acids is 3. The fourth-order valence-electron chi connectivity index (χ4n) is 2.64. The van der Waals surface area contributed by atoms with E-state index in [1.165, 1.54) is 0 Å². The SMILES string of the molecule is Cc1nn(Cc2ccccc2)c(C)c1C(=O)OCC(=O)NC(=O)NC(C)(C)C. The number of nitrogens with zero attached hydrogens (tertiary/aromatic N) is 2. The number of aromatic nitrogens is 2. The van der Waals surface area contributed by atoms with Gasteiger partial charge in [-0.1, -0.05) is 30.3 Å². The number of nitrogens with one attached hydrogen (secondary N) is 2. The number of hydrogen-bond acceptors (Lipinski definition) is 5. The average Bonchev–Trinajstić information content (AvgIpc) is 2.85. The maximum atomic E-state index is 12.4. The molecule has 0 atom stereocenters. The molecule has 28 heavy (non-hydrogen) atoms. The van der Waals surface area contributed by atoms with Crippen molar-refractivity contribution in [2.24, 2.45) is 0 Å². The second-order valence-corrected chi connectivity index (χ2v) is 7.52. The molecule has 1 heterocycles. The summed E-state index contributed by atoms with van der Waals surface area (Å²) in [5.74, 6) is -1.36. The molecule has 150 valence electrons. The molecule has 0 aliphatic rings. The van der Waals surface area contributed by atoms with Crippen LogP contribution in [0.25, 0.3) is 0 Å². The highest BCUT2D eigenvalue weighted by atomic mass is 16.5. The summed E-state index contributed by atoms with van der Waals surface area (Å²) in [7, 11) is 0. The quantitative estimate of drug-likeness (QED) is 0.768. The van der Waals surface area contributed by atoms with E-state index in [9.17, 15) is 14.4 Å². The summed E-state index contributed by atoms with van der Waals surface area (Å²) in [6.07, 6.45) is 0. The Morgan fingerprint density at radius 2 is 1.75 bits per heavy atom. The van der Waals surface area contributed by atoms with Crippen LogP contribution < -0.4 is 10.6 Å². The Bertz CT molecular complexity index is 866. The summed E-state index contributed by atoms with van der Waals surface area (Å²) >= 11 is 0. The first-order chi connectivity index (χ1) is 13.1. The molecule has 0 spiro atoms. The first-order valence-corrected chi connectivity index (χ1v) is 8.94. The number of rotatable bonds is 5. The van der Waals surface area contributed by atoms with Crippen molar-refractivity contribution in [3.63, 3.8) is 0 Å². The predicted molar refractivity (Wildman–Crippen MR) is 104 cm³/mol. The summed E-state index contributed by atoms with van der Waals surface area (Å²) in [5, 5.41) is 9.11. The van der Waals surface area contributed by atoms with Crippen LogP contribution >= 0.6 is 0 Å². The number of hydrogen-bond donors (Lipinski definition) is 2. The van der Waals surface area contributed by atoms with Gasteiger partial charge in [-0.2, -0.15) is 5.10 Å². The third-order valence-electron chi connectivity index (χ3n) is 3.84. The normalized spacial score (nSPS) is 11.0. The Kier molecular flexibility index (Phi) is 6.56. The fraction of sp³-hybridized carbons (Fsp3) is 0.400. The minimum absolute atomic E-state index is 0.322. The molecular weight excluding hydrogens is 360 g/mol. The number of aryl methyl sites for hydroxylation is 1. The topological polar surface area (TPSA) is 102 Å². The summed E-state index contributed by atoms with van der Waals surface area (Å²) in [5.41, 5.74) is 2.06. The number of amides is 3. The lowest BCUT2D eigenvalue weighted by Crippen LogP contribution is -2.49. The number of imide groups is 1. The van der Waals surface area contributed by atoms with Gasteiger partial charge in [0, 0.05) is 5.54 Å². The van der Waals surface area contributed by atoms with Crippen molar-refractivity contribution in [2.45, 2.75) is 46.7 Å². The molecule has 2 rings (SSSR count). The van der Waals surface area contributed by atoms with E-state index in [1.54, 1.807) is 39.3 Å². The van der Waals surface area contributed by atoms with Crippen LogP contribution in [-0.2, 0) is 16.1 Å². The van der Waals surface area contributed by atoms with Gasteiger partial charge >= 0.3 is 12.0 Å². The number of urea groups is 1. The minimum Gasteiger partial charge on any atom is -0.452 e.